The fraction of sp³-hybridized carbons (Fsp3) is 0.630. The van der Waals surface area contributed by atoms with Crippen LogP contribution in [-0.4, -0.2) is 153 Å². The van der Waals surface area contributed by atoms with Crippen molar-refractivity contribution >= 4 is 56.9 Å². The zero-order chi connectivity index (χ0) is 52.2. The van der Waals surface area contributed by atoms with Crippen molar-refractivity contribution in [3.8, 4) is 0 Å². The Morgan fingerprint density at radius 1 is 0.614 bits per heavy atom. The Kier molecular flexibility index (Phi) is 23.5. The first-order valence-corrected chi connectivity index (χ1v) is 24.3. The molecule has 0 spiro atoms. The summed E-state index contributed by atoms with van der Waals surface area (Å²) in [5.74, 6) is -0.413. The predicted octanol–water partition coefficient (Wildman–Crippen LogP) is 7.34. The largest absolute Gasteiger partial charge is 0.444 e. The third kappa shape index (κ3) is 21.4. The Bertz CT molecular complexity index is 2100. The summed E-state index contributed by atoms with van der Waals surface area (Å²) in [6, 6.07) is 10.8. The number of nitrogens with one attached hydrogen (secondary N) is 3. The number of rotatable bonds is 5. The van der Waals surface area contributed by atoms with E-state index in [-0.39, 0.29) is 35.7 Å². The summed E-state index contributed by atoms with van der Waals surface area (Å²) in [7, 11) is 0. The lowest BCUT2D eigenvalue weighted by molar-refractivity contribution is -0.389. The van der Waals surface area contributed by atoms with Crippen LogP contribution in [-0.2, 0) is 9.47 Å². The number of pyridine rings is 3. The van der Waals surface area contributed by atoms with Gasteiger partial charge in [-0.3, -0.25) is 0 Å². The molecule has 0 saturated carbocycles. The van der Waals surface area contributed by atoms with Crippen molar-refractivity contribution in [2.75, 3.05) is 75.2 Å². The first kappa shape index (κ1) is 58.5. The van der Waals surface area contributed by atoms with Crippen LogP contribution in [0.5, 0.6) is 0 Å². The van der Waals surface area contributed by atoms with Gasteiger partial charge >= 0.3 is 29.6 Å². The van der Waals surface area contributed by atoms with Crippen LogP contribution in [0.2, 0.25) is 0 Å². The van der Waals surface area contributed by atoms with Crippen LogP contribution < -0.4 is 25.8 Å². The zero-order valence-corrected chi connectivity index (χ0v) is 43.7. The van der Waals surface area contributed by atoms with E-state index in [1.165, 1.54) is 56.4 Å². The summed E-state index contributed by atoms with van der Waals surface area (Å²) in [4.78, 5) is 72.3. The van der Waals surface area contributed by atoms with E-state index in [9.17, 15) is 39.9 Å². The lowest BCUT2D eigenvalue weighted by atomic mass is 10.1. The lowest BCUT2D eigenvalue weighted by Crippen LogP contribution is -2.54. The van der Waals surface area contributed by atoms with E-state index in [1.807, 2.05) is 48.5 Å². The standard InChI is InChI=1S/C15H22N4O4.C10H14N4O2.C10H20N2O2.C6H13N.C5H3BrN2O2/c1-11-10-17(14(20)23-15(2,3)4)7-8-18(11)12-5-6-13(16-9-12)19(21)22;1-8-6-11-4-5-13(8)9-2-3-10(12-7-9)14(15)16;1-8-7-12(6-5-11-8)9(13)14-10(2,3)4;1-6-4-2-3-5-7-6;6-4-1-2-5(7-3-4)8(9)10/h5-6,9,11H,7-8,10H2,1-4H3;2-3,7-8,11H,4-6H2,1H3;8,11H,5-7H2,1-4H3;6-7H,2-5H2,1H3;1-3H/t11-;2*8-;6-;/m0000./s1. The fourth-order valence-corrected chi connectivity index (χ4v) is 7.53. The van der Waals surface area contributed by atoms with Gasteiger partial charge in [0.2, 0.25) is 0 Å². The number of anilines is 2. The topological polar surface area (TPSA) is 270 Å². The maximum Gasteiger partial charge on any atom is 0.410 e. The highest BCUT2D eigenvalue weighted by Crippen LogP contribution is 2.23. The van der Waals surface area contributed by atoms with Gasteiger partial charge in [-0.2, -0.15) is 0 Å². The second-order valence-electron chi connectivity index (χ2n) is 19.2. The molecule has 4 aliphatic rings. The number of carbonyl (C=O) groups is 2. The number of carbonyl (C=O) groups excluding carboxylic acids is 2. The highest BCUT2D eigenvalue weighted by atomic mass is 79.9. The van der Waals surface area contributed by atoms with Gasteiger partial charge in [-0.15, -0.1) is 0 Å². The molecule has 388 valence electrons. The molecule has 4 atom stereocenters. The minimum atomic E-state index is -0.535. The summed E-state index contributed by atoms with van der Waals surface area (Å²) in [5.41, 5.74) is 0.844. The van der Waals surface area contributed by atoms with E-state index >= 15 is 0 Å². The molecule has 23 nitrogen and oxygen atoms in total. The Hall–Kier alpha value is -5.85. The molecule has 0 radical (unpaired) electrons. The Labute approximate surface area is 419 Å². The molecule has 0 unspecified atom stereocenters. The van der Waals surface area contributed by atoms with Gasteiger partial charge in [0.15, 0.2) is 18.6 Å². The van der Waals surface area contributed by atoms with Gasteiger partial charge in [0, 0.05) is 101 Å². The van der Waals surface area contributed by atoms with Crippen LogP contribution in [0.4, 0.5) is 38.4 Å². The monoisotopic (exact) mass is 1050 g/mol. The highest BCUT2D eigenvalue weighted by molar-refractivity contribution is 9.10. The van der Waals surface area contributed by atoms with Crippen molar-refractivity contribution in [2.45, 2.75) is 124 Å². The number of nitro groups is 3. The summed E-state index contributed by atoms with van der Waals surface area (Å²) >= 11 is 3.11. The molecule has 3 aromatic heterocycles. The number of nitrogens with zero attached hydrogens (tertiary/aromatic N) is 10. The first-order valence-electron chi connectivity index (χ1n) is 23.5. The number of piperazine rings is 3. The van der Waals surface area contributed by atoms with E-state index < -0.39 is 26.0 Å². The van der Waals surface area contributed by atoms with E-state index in [2.05, 4.69) is 77.4 Å². The smallest absolute Gasteiger partial charge is 0.410 e. The normalized spacial score (nSPS) is 20.2. The number of hydrogen-bond acceptors (Lipinski definition) is 18. The summed E-state index contributed by atoms with van der Waals surface area (Å²) in [6.45, 7) is 27.6. The molecule has 0 bridgehead atoms. The van der Waals surface area contributed by atoms with Crippen molar-refractivity contribution in [1.29, 1.82) is 0 Å². The SMILES string of the molecule is C[C@H]1CCCCN1.C[C@H]1CN(C(=O)OC(C)(C)C)CCN1.C[C@H]1CN(C(=O)OC(C)(C)C)CCN1c1ccc([N+](=O)[O-])nc1.C[C@H]1CNCCN1c1ccc([N+](=O)[O-])nc1.O=[N+]([O-])c1ccc(Br)cn1. The van der Waals surface area contributed by atoms with E-state index in [4.69, 9.17) is 9.47 Å². The molecule has 2 amide bonds. The van der Waals surface area contributed by atoms with Crippen LogP contribution in [0.3, 0.4) is 0 Å². The van der Waals surface area contributed by atoms with Gasteiger partial charge in [0.25, 0.3) is 0 Å². The number of piperidine rings is 1. The van der Waals surface area contributed by atoms with Crippen LogP contribution in [0.1, 0.15) is 88.5 Å². The first-order chi connectivity index (χ1) is 32.8. The molecule has 4 fully saturated rings. The minimum absolute atomic E-state index is 0.0690. The van der Waals surface area contributed by atoms with Gasteiger partial charge in [-0.1, -0.05) is 6.42 Å². The maximum atomic E-state index is 12.1. The molecule has 4 aliphatic heterocycles. The number of ether oxygens (including phenoxy) is 2. The van der Waals surface area contributed by atoms with Crippen molar-refractivity contribution in [3.63, 3.8) is 0 Å². The van der Waals surface area contributed by atoms with Crippen molar-refractivity contribution < 1.29 is 33.8 Å². The van der Waals surface area contributed by atoms with Gasteiger partial charge in [-0.05, 0) is 152 Å². The number of halogens is 1. The number of hydrogen-bond donors (Lipinski definition) is 3. The Morgan fingerprint density at radius 3 is 1.47 bits per heavy atom. The van der Waals surface area contributed by atoms with Crippen LogP contribution in [0.15, 0.2) is 59.5 Å². The summed E-state index contributed by atoms with van der Waals surface area (Å²) in [6.07, 6.45) is 8.12. The molecule has 0 aliphatic carbocycles. The van der Waals surface area contributed by atoms with Crippen molar-refractivity contribution in [1.82, 2.24) is 40.7 Å². The van der Waals surface area contributed by atoms with Crippen molar-refractivity contribution in [2.24, 2.45) is 0 Å². The van der Waals surface area contributed by atoms with Crippen LogP contribution >= 0.6 is 15.9 Å². The van der Waals surface area contributed by atoms with Gasteiger partial charge < -0.3 is 75.4 Å². The average Bonchev–Trinajstić information content (AvgIpc) is 3.29. The molecule has 7 heterocycles. The van der Waals surface area contributed by atoms with Gasteiger partial charge in [0.1, 0.15) is 11.2 Å². The van der Waals surface area contributed by atoms with Crippen molar-refractivity contribution in [3.05, 3.63) is 89.8 Å². The molecule has 4 saturated heterocycles. The van der Waals surface area contributed by atoms with Crippen LogP contribution in [0.25, 0.3) is 0 Å². The maximum absolute atomic E-state index is 12.1. The molecule has 3 aromatic rings. The third-order valence-electron chi connectivity index (χ3n) is 10.8. The van der Waals surface area contributed by atoms with Crippen LogP contribution in [0, 0.1) is 30.3 Å². The second-order valence-corrected chi connectivity index (χ2v) is 20.1. The zero-order valence-electron chi connectivity index (χ0n) is 42.1. The molecule has 24 heteroatoms. The van der Waals surface area contributed by atoms with E-state index in [1.54, 1.807) is 34.2 Å². The minimum Gasteiger partial charge on any atom is -0.444 e. The highest BCUT2D eigenvalue weighted by Gasteiger charge is 2.31. The fourth-order valence-electron chi connectivity index (χ4n) is 7.30. The number of aromatic nitrogens is 3. The average molecular weight is 1050 g/mol. The number of amides is 2. The Morgan fingerprint density at radius 2 is 1.10 bits per heavy atom. The van der Waals surface area contributed by atoms with E-state index in [0.29, 0.717) is 31.7 Å². The van der Waals surface area contributed by atoms with E-state index in [0.717, 1.165) is 61.2 Å². The molecular formula is C46H72BrN13O10. The molecule has 70 heavy (non-hydrogen) atoms. The molecule has 0 aromatic carbocycles. The second kappa shape index (κ2) is 28.1. The predicted molar refractivity (Wildman–Crippen MR) is 271 cm³/mol. The lowest BCUT2D eigenvalue weighted by Gasteiger charge is -2.40. The van der Waals surface area contributed by atoms with Gasteiger partial charge in [-0.25, -0.2) is 9.59 Å². The Balaban J connectivity index is 0.000000244. The van der Waals surface area contributed by atoms with Gasteiger partial charge in [0.05, 0.1) is 15.8 Å². The summed E-state index contributed by atoms with van der Waals surface area (Å²) in [5, 5.41) is 41.1. The molecule has 7 rings (SSSR count). The molecule has 3 N–H and O–H groups in total. The quantitative estimate of drug-likeness (QED) is 0.167. The molecular weight excluding hydrogens is 974 g/mol. The summed E-state index contributed by atoms with van der Waals surface area (Å²) < 4.78 is 11.4. The third-order valence-corrected chi connectivity index (χ3v) is 11.2.